The summed E-state index contributed by atoms with van der Waals surface area (Å²) in [5.74, 6) is 0. The second kappa shape index (κ2) is 5.12. The molecule has 1 N–H and O–H groups in total. The van der Waals surface area contributed by atoms with Gasteiger partial charge >= 0.3 is 0 Å². The largest absolute Gasteiger partial charge is 0.365 e. The van der Waals surface area contributed by atoms with Crippen molar-refractivity contribution in [1.29, 1.82) is 0 Å². The predicted octanol–water partition coefficient (Wildman–Crippen LogP) is 1.64. The average molecular weight is 243 g/mol. The normalized spacial score (nSPS) is 21.1. The van der Waals surface area contributed by atoms with E-state index in [0.717, 1.165) is 32.8 Å². The molecule has 18 heavy (non-hydrogen) atoms. The summed E-state index contributed by atoms with van der Waals surface area (Å²) in [6, 6.07) is 10.7. The van der Waals surface area contributed by atoms with Gasteiger partial charge in [-0.15, -0.1) is 0 Å². The second-order valence-electron chi connectivity index (χ2n) is 5.29. The van der Waals surface area contributed by atoms with E-state index < -0.39 is 0 Å². The first-order valence-corrected chi connectivity index (χ1v) is 6.72. The summed E-state index contributed by atoms with van der Waals surface area (Å²) in [5.41, 5.74) is 4.54. The highest BCUT2D eigenvalue weighted by Gasteiger charge is 2.24. The summed E-state index contributed by atoms with van der Waals surface area (Å²) in [6.07, 6.45) is 1.19. The van der Waals surface area contributed by atoms with Gasteiger partial charge in [-0.1, -0.05) is 30.3 Å². The fraction of sp³-hybridized carbons (Fsp3) is 0.467. The molecule has 2 aliphatic heterocycles. The molecule has 0 spiro atoms. The zero-order valence-electron chi connectivity index (χ0n) is 11.0. The molecule has 0 aromatic heterocycles. The third-order valence-corrected chi connectivity index (χ3v) is 3.82. The molecule has 0 aliphatic carbocycles. The maximum Gasteiger partial charge on any atom is 0.0706 e. The highest BCUT2D eigenvalue weighted by atomic mass is 15.3. The van der Waals surface area contributed by atoms with Crippen LogP contribution in [0.4, 0.5) is 0 Å². The van der Waals surface area contributed by atoms with Crippen LogP contribution in [-0.4, -0.2) is 43.2 Å². The fourth-order valence-corrected chi connectivity index (χ4v) is 2.99. The molecule has 0 unspecified atom stereocenters. The van der Waals surface area contributed by atoms with Gasteiger partial charge in [0.2, 0.25) is 0 Å². The van der Waals surface area contributed by atoms with Crippen molar-refractivity contribution in [1.82, 2.24) is 15.1 Å². The van der Waals surface area contributed by atoms with Crippen LogP contribution < -0.4 is 5.32 Å². The lowest BCUT2D eigenvalue weighted by Crippen LogP contribution is -2.46. The summed E-state index contributed by atoms with van der Waals surface area (Å²) in [4.78, 5) is 4.93. The molecule has 0 radical (unpaired) electrons. The van der Waals surface area contributed by atoms with E-state index >= 15 is 0 Å². The minimum absolute atomic E-state index is 1.04. The molecule has 0 saturated carbocycles. The van der Waals surface area contributed by atoms with Crippen LogP contribution in [0.5, 0.6) is 0 Å². The Hall–Kier alpha value is -1.32. The van der Waals surface area contributed by atoms with Crippen LogP contribution in [0.3, 0.4) is 0 Å². The minimum atomic E-state index is 1.04. The molecule has 1 aromatic carbocycles. The van der Waals surface area contributed by atoms with Crippen LogP contribution in [0.15, 0.2) is 41.6 Å². The monoisotopic (exact) mass is 243 g/mol. The Kier molecular flexibility index (Phi) is 3.35. The molecule has 3 nitrogen and oxygen atoms in total. The van der Waals surface area contributed by atoms with Crippen LogP contribution in [0, 0.1) is 0 Å². The van der Waals surface area contributed by atoms with Crippen molar-refractivity contribution in [3.05, 3.63) is 47.2 Å². The van der Waals surface area contributed by atoms with Gasteiger partial charge in [-0.05, 0) is 17.6 Å². The van der Waals surface area contributed by atoms with E-state index in [1.165, 1.54) is 12.0 Å². The Morgan fingerprint density at radius 3 is 2.89 bits per heavy atom. The van der Waals surface area contributed by atoms with Gasteiger partial charge < -0.3 is 10.2 Å². The lowest BCUT2D eigenvalue weighted by atomic mass is 10.0. The van der Waals surface area contributed by atoms with Gasteiger partial charge in [-0.2, -0.15) is 0 Å². The number of nitrogens with one attached hydrogen (secondary N) is 1. The van der Waals surface area contributed by atoms with E-state index in [0.29, 0.717) is 0 Å². The molecule has 96 valence electrons. The number of rotatable bonds is 2. The number of hydrogen-bond acceptors (Lipinski definition) is 3. The van der Waals surface area contributed by atoms with Crippen molar-refractivity contribution >= 4 is 0 Å². The van der Waals surface area contributed by atoms with Crippen molar-refractivity contribution in [3.8, 4) is 0 Å². The average Bonchev–Trinajstić information content (AvgIpc) is 2.40. The molecule has 0 saturated heterocycles. The lowest BCUT2D eigenvalue weighted by Gasteiger charge is -2.40. The van der Waals surface area contributed by atoms with Crippen molar-refractivity contribution in [2.24, 2.45) is 0 Å². The van der Waals surface area contributed by atoms with E-state index in [-0.39, 0.29) is 0 Å². The molecule has 2 heterocycles. The Morgan fingerprint density at radius 2 is 2.06 bits per heavy atom. The van der Waals surface area contributed by atoms with Gasteiger partial charge in [-0.3, -0.25) is 4.90 Å². The van der Waals surface area contributed by atoms with Gasteiger partial charge in [0.05, 0.1) is 6.67 Å². The van der Waals surface area contributed by atoms with Crippen LogP contribution in [0.1, 0.15) is 12.0 Å². The number of benzene rings is 1. The van der Waals surface area contributed by atoms with E-state index in [9.17, 15) is 0 Å². The summed E-state index contributed by atoms with van der Waals surface area (Å²) >= 11 is 0. The second-order valence-corrected chi connectivity index (χ2v) is 5.29. The van der Waals surface area contributed by atoms with Crippen molar-refractivity contribution in [2.75, 3.05) is 33.4 Å². The fourth-order valence-electron chi connectivity index (χ4n) is 2.99. The molecule has 0 bridgehead atoms. The maximum atomic E-state index is 3.48. The number of hydrogen-bond donors (Lipinski definition) is 1. The SMILES string of the molecule is CN1CN(Cc2ccccc2)CC2=C1CCNC2. The van der Waals surface area contributed by atoms with Crippen molar-refractivity contribution in [2.45, 2.75) is 13.0 Å². The topological polar surface area (TPSA) is 18.5 Å². The molecule has 3 rings (SSSR count). The molecule has 0 atom stereocenters. The van der Waals surface area contributed by atoms with Crippen molar-refractivity contribution < 1.29 is 0 Å². The molecular formula is C15H21N3. The summed E-state index contributed by atoms with van der Waals surface area (Å²) in [5, 5.41) is 3.48. The van der Waals surface area contributed by atoms with E-state index in [2.05, 4.69) is 52.5 Å². The molecule has 3 heteroatoms. The zero-order valence-corrected chi connectivity index (χ0v) is 11.0. The van der Waals surface area contributed by atoms with Crippen LogP contribution in [0.2, 0.25) is 0 Å². The predicted molar refractivity (Wildman–Crippen MR) is 74.0 cm³/mol. The molecule has 2 aliphatic rings. The Balaban J connectivity index is 1.71. The first-order chi connectivity index (χ1) is 8.83. The first-order valence-electron chi connectivity index (χ1n) is 6.72. The Bertz CT molecular complexity index is 438. The third-order valence-electron chi connectivity index (χ3n) is 3.82. The molecular weight excluding hydrogens is 222 g/mol. The van der Waals surface area contributed by atoms with E-state index in [1.54, 1.807) is 11.3 Å². The quantitative estimate of drug-likeness (QED) is 0.852. The lowest BCUT2D eigenvalue weighted by molar-refractivity contribution is 0.153. The van der Waals surface area contributed by atoms with Gasteiger partial charge in [0.15, 0.2) is 0 Å². The Labute approximate surface area is 109 Å². The highest BCUT2D eigenvalue weighted by Crippen LogP contribution is 2.23. The van der Waals surface area contributed by atoms with E-state index in [1.807, 2.05) is 0 Å². The molecule has 0 fully saturated rings. The van der Waals surface area contributed by atoms with Gasteiger partial charge in [0, 0.05) is 38.9 Å². The Morgan fingerprint density at radius 1 is 1.22 bits per heavy atom. The summed E-state index contributed by atoms with van der Waals surface area (Å²) in [7, 11) is 2.22. The first kappa shape index (κ1) is 11.8. The van der Waals surface area contributed by atoms with Crippen LogP contribution in [0.25, 0.3) is 0 Å². The minimum Gasteiger partial charge on any atom is -0.365 e. The maximum absolute atomic E-state index is 3.48. The van der Waals surface area contributed by atoms with E-state index in [4.69, 9.17) is 0 Å². The van der Waals surface area contributed by atoms with Crippen LogP contribution >= 0.6 is 0 Å². The molecule has 1 aromatic rings. The highest BCUT2D eigenvalue weighted by molar-refractivity contribution is 5.22. The van der Waals surface area contributed by atoms with Gasteiger partial charge in [-0.25, -0.2) is 0 Å². The van der Waals surface area contributed by atoms with Gasteiger partial charge in [0.25, 0.3) is 0 Å². The summed E-state index contributed by atoms with van der Waals surface area (Å²) < 4.78 is 0. The third kappa shape index (κ3) is 2.42. The number of nitrogens with zero attached hydrogens (tertiary/aromatic N) is 2. The van der Waals surface area contributed by atoms with Gasteiger partial charge in [0.1, 0.15) is 0 Å². The molecule has 0 amide bonds. The summed E-state index contributed by atoms with van der Waals surface area (Å²) in [6.45, 7) is 5.39. The van der Waals surface area contributed by atoms with Crippen molar-refractivity contribution in [3.63, 3.8) is 0 Å². The standard InChI is InChI=1S/C15H21N3/c1-17-12-18(10-13-5-3-2-4-6-13)11-14-9-16-8-7-15(14)17/h2-6,16H,7-12H2,1H3. The van der Waals surface area contributed by atoms with Crippen LogP contribution in [-0.2, 0) is 6.54 Å². The smallest absolute Gasteiger partial charge is 0.0706 e. The zero-order chi connectivity index (χ0) is 12.4.